The molecule has 2 nitrogen and oxygen atoms in total. The molecule has 3 aromatic carbocycles. The van der Waals surface area contributed by atoms with Gasteiger partial charge in [-0.05, 0) is 53.9 Å². The van der Waals surface area contributed by atoms with E-state index in [9.17, 15) is 5.21 Å². The zero-order valence-corrected chi connectivity index (χ0v) is 17.8. The molecule has 0 bridgehead atoms. The minimum Gasteiger partial charge on any atom is -0.411 e. The van der Waals surface area contributed by atoms with Crippen molar-refractivity contribution in [2.45, 2.75) is 19.3 Å². The highest BCUT2D eigenvalue weighted by molar-refractivity contribution is 9.10. The molecule has 0 aliphatic heterocycles. The van der Waals surface area contributed by atoms with Crippen molar-refractivity contribution < 1.29 is 5.21 Å². The van der Waals surface area contributed by atoms with Crippen LogP contribution in [0.1, 0.15) is 34.6 Å². The van der Waals surface area contributed by atoms with E-state index in [1.54, 1.807) is 18.2 Å². The van der Waals surface area contributed by atoms with Gasteiger partial charge in [0.2, 0.25) is 0 Å². The Labute approximate surface area is 177 Å². The maximum absolute atomic E-state index is 9.73. The maximum atomic E-state index is 9.73. The van der Waals surface area contributed by atoms with E-state index in [4.69, 9.17) is 23.2 Å². The van der Waals surface area contributed by atoms with E-state index in [1.165, 1.54) is 11.1 Å². The molecule has 0 fully saturated rings. The van der Waals surface area contributed by atoms with Crippen LogP contribution < -0.4 is 0 Å². The Morgan fingerprint density at radius 3 is 2.41 bits per heavy atom. The van der Waals surface area contributed by atoms with E-state index >= 15 is 0 Å². The summed E-state index contributed by atoms with van der Waals surface area (Å²) < 4.78 is 1.02. The Morgan fingerprint density at radius 2 is 1.74 bits per heavy atom. The molecule has 3 aromatic rings. The lowest BCUT2D eigenvalue weighted by Gasteiger charge is -2.21. The number of aryl methyl sites for hydroxylation is 1. The number of rotatable bonds is 5. The smallest absolute Gasteiger partial charge is 0.0892 e. The zero-order chi connectivity index (χ0) is 19.4. The third-order valence-corrected chi connectivity index (χ3v) is 5.69. The van der Waals surface area contributed by atoms with Gasteiger partial charge in [-0.25, -0.2) is 0 Å². The van der Waals surface area contributed by atoms with Crippen molar-refractivity contribution in [3.05, 3.63) is 104 Å². The number of halogens is 3. The van der Waals surface area contributed by atoms with Crippen LogP contribution in [-0.2, 0) is 0 Å². The summed E-state index contributed by atoms with van der Waals surface area (Å²) in [7, 11) is 0. The van der Waals surface area contributed by atoms with Gasteiger partial charge in [0, 0.05) is 32.4 Å². The number of hydrogen-bond donors (Lipinski definition) is 1. The first kappa shape index (κ1) is 19.9. The summed E-state index contributed by atoms with van der Waals surface area (Å²) in [5.74, 6) is 0.0141. The summed E-state index contributed by atoms with van der Waals surface area (Å²) in [6.07, 6.45) is 0.489. The van der Waals surface area contributed by atoms with Gasteiger partial charge < -0.3 is 5.21 Å². The third-order valence-electron chi connectivity index (χ3n) is 4.59. The van der Waals surface area contributed by atoms with E-state index in [1.807, 2.05) is 24.3 Å². The number of oxime groups is 1. The molecule has 0 spiro atoms. The second kappa shape index (κ2) is 8.92. The molecule has 0 saturated carbocycles. The highest BCUT2D eigenvalue weighted by Crippen LogP contribution is 2.34. The third kappa shape index (κ3) is 4.73. The standard InChI is InChI=1S/C22H18BrCl2NO/c1-14-4-2-3-5-18(14)19(15-6-8-16(23)9-7-15)13-22(26-27)20-12-17(24)10-11-21(20)25/h2-12,19,27H,13H2,1H3/b26-22+/t19-/m0/s1. The van der Waals surface area contributed by atoms with Gasteiger partial charge in [-0.2, -0.15) is 0 Å². The quantitative estimate of drug-likeness (QED) is 0.238. The fraction of sp³-hybridized carbons (Fsp3) is 0.136. The number of nitrogens with zero attached hydrogens (tertiary/aromatic N) is 1. The lowest BCUT2D eigenvalue weighted by atomic mass is 9.83. The predicted octanol–water partition coefficient (Wildman–Crippen LogP) is 7.46. The lowest BCUT2D eigenvalue weighted by Crippen LogP contribution is -2.12. The van der Waals surface area contributed by atoms with E-state index in [0.29, 0.717) is 27.7 Å². The molecule has 0 aromatic heterocycles. The Morgan fingerprint density at radius 1 is 1.04 bits per heavy atom. The first-order valence-electron chi connectivity index (χ1n) is 8.47. The van der Waals surface area contributed by atoms with Gasteiger partial charge in [0.25, 0.3) is 0 Å². The summed E-state index contributed by atoms with van der Waals surface area (Å²) in [4.78, 5) is 0. The normalized spacial score (nSPS) is 12.8. The molecule has 0 aliphatic rings. The Hall–Kier alpha value is -1.81. The molecule has 0 amide bonds. The molecular formula is C22H18BrCl2NO. The van der Waals surface area contributed by atoms with Crippen LogP contribution in [0.2, 0.25) is 10.0 Å². The molecule has 5 heteroatoms. The molecule has 0 unspecified atom stereocenters. The Kier molecular flexibility index (Phi) is 6.59. The average molecular weight is 463 g/mol. The fourth-order valence-corrected chi connectivity index (χ4v) is 3.86. The van der Waals surface area contributed by atoms with Crippen LogP contribution >= 0.6 is 39.1 Å². The number of benzene rings is 3. The summed E-state index contributed by atoms with van der Waals surface area (Å²) in [5, 5.41) is 14.3. The van der Waals surface area contributed by atoms with Gasteiger partial charge in [-0.3, -0.25) is 0 Å². The summed E-state index contributed by atoms with van der Waals surface area (Å²) in [6, 6.07) is 21.6. The fourth-order valence-electron chi connectivity index (χ4n) is 3.20. The van der Waals surface area contributed by atoms with Gasteiger partial charge in [-0.15, -0.1) is 0 Å². The van der Waals surface area contributed by atoms with Crippen molar-refractivity contribution in [3.63, 3.8) is 0 Å². The van der Waals surface area contributed by atoms with Gasteiger partial charge in [0.05, 0.1) is 5.71 Å². The molecule has 0 heterocycles. The highest BCUT2D eigenvalue weighted by Gasteiger charge is 2.21. The van der Waals surface area contributed by atoms with Crippen LogP contribution in [0, 0.1) is 6.92 Å². The van der Waals surface area contributed by atoms with Gasteiger partial charge in [-0.1, -0.05) is 80.7 Å². The highest BCUT2D eigenvalue weighted by atomic mass is 79.9. The topological polar surface area (TPSA) is 32.6 Å². The van der Waals surface area contributed by atoms with Crippen molar-refractivity contribution in [3.8, 4) is 0 Å². The van der Waals surface area contributed by atoms with E-state index < -0.39 is 0 Å². The van der Waals surface area contributed by atoms with Crippen LogP contribution in [0.15, 0.2) is 76.4 Å². The molecule has 138 valence electrons. The van der Waals surface area contributed by atoms with Crippen molar-refractivity contribution in [2.24, 2.45) is 5.16 Å². The molecule has 1 N–H and O–H groups in total. The molecule has 0 radical (unpaired) electrons. The second-order valence-electron chi connectivity index (χ2n) is 6.34. The van der Waals surface area contributed by atoms with Crippen LogP contribution in [0.3, 0.4) is 0 Å². The molecule has 0 aliphatic carbocycles. The van der Waals surface area contributed by atoms with Gasteiger partial charge >= 0.3 is 0 Å². The monoisotopic (exact) mass is 461 g/mol. The molecular weight excluding hydrogens is 445 g/mol. The van der Waals surface area contributed by atoms with Crippen molar-refractivity contribution in [1.82, 2.24) is 0 Å². The van der Waals surface area contributed by atoms with Crippen LogP contribution in [0.25, 0.3) is 0 Å². The molecule has 3 rings (SSSR count). The van der Waals surface area contributed by atoms with E-state index in [2.05, 4.69) is 52.3 Å². The van der Waals surface area contributed by atoms with E-state index in [0.717, 1.165) is 10.0 Å². The van der Waals surface area contributed by atoms with Gasteiger partial charge in [0.1, 0.15) is 0 Å². The number of hydrogen-bond acceptors (Lipinski definition) is 2. The van der Waals surface area contributed by atoms with Crippen LogP contribution in [0.4, 0.5) is 0 Å². The largest absolute Gasteiger partial charge is 0.411 e. The minimum absolute atomic E-state index is 0.0141. The van der Waals surface area contributed by atoms with E-state index in [-0.39, 0.29) is 5.92 Å². The van der Waals surface area contributed by atoms with Crippen molar-refractivity contribution >= 4 is 44.8 Å². The Bertz CT molecular complexity index is 970. The maximum Gasteiger partial charge on any atom is 0.0892 e. The summed E-state index contributed by atoms with van der Waals surface area (Å²) >= 11 is 16.0. The second-order valence-corrected chi connectivity index (χ2v) is 8.10. The molecule has 27 heavy (non-hydrogen) atoms. The zero-order valence-electron chi connectivity index (χ0n) is 14.7. The van der Waals surface area contributed by atoms with Crippen LogP contribution in [-0.4, -0.2) is 10.9 Å². The first-order valence-corrected chi connectivity index (χ1v) is 10.0. The Balaban J connectivity index is 2.06. The van der Waals surface area contributed by atoms with Crippen molar-refractivity contribution in [2.75, 3.05) is 0 Å². The van der Waals surface area contributed by atoms with Crippen LogP contribution in [0.5, 0.6) is 0 Å². The summed E-state index contributed by atoms with van der Waals surface area (Å²) in [5.41, 5.74) is 4.63. The van der Waals surface area contributed by atoms with Gasteiger partial charge in [0.15, 0.2) is 0 Å². The first-order chi connectivity index (χ1) is 13.0. The van der Waals surface area contributed by atoms with Crippen molar-refractivity contribution in [1.29, 1.82) is 0 Å². The lowest BCUT2D eigenvalue weighted by molar-refractivity contribution is 0.317. The summed E-state index contributed by atoms with van der Waals surface area (Å²) in [6.45, 7) is 2.09. The minimum atomic E-state index is 0.0141. The molecule has 1 atom stereocenters. The molecule has 0 saturated heterocycles. The predicted molar refractivity (Wildman–Crippen MR) is 117 cm³/mol. The average Bonchev–Trinajstić information content (AvgIpc) is 2.67. The SMILES string of the molecule is Cc1ccccc1[C@@H](C/C(=N\O)c1cc(Cl)ccc1Cl)c1ccc(Br)cc1.